The molecule has 0 unspecified atom stereocenters. The average molecular weight is 379 g/mol. The Hall–Kier alpha value is -1.63. The van der Waals surface area contributed by atoms with Gasteiger partial charge in [0, 0.05) is 10.9 Å². The van der Waals surface area contributed by atoms with Gasteiger partial charge in [0.15, 0.2) is 0 Å². The molecule has 26 heavy (non-hydrogen) atoms. The van der Waals surface area contributed by atoms with Crippen LogP contribution in [0.4, 0.5) is 0 Å². The Balaban J connectivity index is 1.87. The lowest BCUT2D eigenvalue weighted by Gasteiger charge is -2.41. The average Bonchev–Trinajstić information content (AvgIpc) is 2.64. The van der Waals surface area contributed by atoms with Crippen molar-refractivity contribution in [2.75, 3.05) is 6.61 Å². The molecule has 1 aliphatic rings. The summed E-state index contributed by atoms with van der Waals surface area (Å²) >= 11 is 6.33. The monoisotopic (exact) mass is 378 g/mol. The van der Waals surface area contributed by atoms with Crippen molar-refractivity contribution >= 4 is 11.6 Å². The Labute approximate surface area is 157 Å². The molecule has 0 spiro atoms. The Morgan fingerprint density at radius 3 is 2.38 bits per heavy atom. The second kappa shape index (κ2) is 7.94. The molecule has 1 heterocycles. The molecule has 6 heteroatoms. The normalized spacial score (nSPS) is 28.9. The quantitative estimate of drug-likeness (QED) is 0.656. The first-order valence-electron chi connectivity index (χ1n) is 8.59. The zero-order valence-corrected chi connectivity index (χ0v) is 15.2. The van der Waals surface area contributed by atoms with Crippen molar-refractivity contribution in [3.05, 3.63) is 64.2 Å². The summed E-state index contributed by atoms with van der Waals surface area (Å²) in [4.78, 5) is 0. The van der Waals surface area contributed by atoms with E-state index in [9.17, 15) is 20.4 Å². The second-order valence-corrected chi connectivity index (χ2v) is 7.22. The molecule has 1 aliphatic heterocycles. The highest BCUT2D eigenvalue weighted by molar-refractivity contribution is 6.31. The van der Waals surface area contributed by atoms with Gasteiger partial charge in [0.05, 0.1) is 18.8 Å². The third-order valence-electron chi connectivity index (χ3n) is 5.00. The van der Waals surface area contributed by atoms with Gasteiger partial charge in [0.2, 0.25) is 0 Å². The smallest absolute Gasteiger partial charge is 0.115 e. The van der Waals surface area contributed by atoms with E-state index in [-0.39, 0.29) is 12.4 Å². The van der Waals surface area contributed by atoms with Crippen LogP contribution in [0.5, 0.6) is 5.75 Å². The Kier molecular flexibility index (Phi) is 5.85. The predicted molar refractivity (Wildman–Crippen MR) is 98.2 cm³/mol. The van der Waals surface area contributed by atoms with E-state index >= 15 is 0 Å². The zero-order chi connectivity index (χ0) is 18.8. The number of rotatable bonds is 4. The van der Waals surface area contributed by atoms with Crippen LogP contribution in [-0.2, 0) is 11.2 Å². The summed E-state index contributed by atoms with van der Waals surface area (Å²) in [5, 5.41) is 40.1. The van der Waals surface area contributed by atoms with Crippen LogP contribution in [0.3, 0.4) is 0 Å². The molecule has 0 radical (unpaired) electrons. The summed E-state index contributed by atoms with van der Waals surface area (Å²) in [5.41, 5.74) is 2.60. The van der Waals surface area contributed by atoms with Crippen molar-refractivity contribution in [1.82, 2.24) is 0 Å². The van der Waals surface area contributed by atoms with Crippen LogP contribution >= 0.6 is 11.6 Å². The van der Waals surface area contributed by atoms with Gasteiger partial charge in [0.25, 0.3) is 0 Å². The zero-order valence-electron chi connectivity index (χ0n) is 14.4. The maximum absolute atomic E-state index is 10.5. The van der Waals surface area contributed by atoms with Gasteiger partial charge in [-0.1, -0.05) is 42.8 Å². The van der Waals surface area contributed by atoms with Crippen molar-refractivity contribution in [1.29, 1.82) is 0 Å². The molecule has 5 nitrogen and oxygen atoms in total. The van der Waals surface area contributed by atoms with Crippen molar-refractivity contribution in [3.8, 4) is 5.75 Å². The van der Waals surface area contributed by atoms with E-state index in [1.54, 1.807) is 31.2 Å². The van der Waals surface area contributed by atoms with Gasteiger partial charge >= 0.3 is 0 Å². The number of halogens is 1. The first-order valence-corrected chi connectivity index (χ1v) is 8.97. The molecule has 2 aromatic carbocycles. The molecule has 0 saturated carbocycles. The molecule has 5 atom stereocenters. The lowest BCUT2D eigenvalue weighted by atomic mass is 9.84. The minimum Gasteiger partial charge on any atom is -0.508 e. The van der Waals surface area contributed by atoms with E-state index in [0.29, 0.717) is 11.4 Å². The first-order chi connectivity index (χ1) is 12.4. The number of ether oxygens (including phenoxy) is 1. The second-order valence-electron chi connectivity index (χ2n) is 6.81. The lowest BCUT2D eigenvalue weighted by molar-refractivity contribution is -0.207. The third-order valence-corrected chi connectivity index (χ3v) is 5.37. The third kappa shape index (κ3) is 3.87. The number of hydrogen-bond donors (Lipinski definition) is 4. The first kappa shape index (κ1) is 19.1. The van der Waals surface area contributed by atoms with Crippen LogP contribution in [0.15, 0.2) is 42.5 Å². The molecule has 0 aromatic heterocycles. The van der Waals surface area contributed by atoms with Crippen LogP contribution in [0.2, 0.25) is 5.02 Å². The van der Waals surface area contributed by atoms with E-state index in [1.165, 1.54) is 0 Å². The Bertz CT molecular complexity index is 746. The van der Waals surface area contributed by atoms with Crippen LogP contribution in [0.25, 0.3) is 0 Å². The van der Waals surface area contributed by atoms with E-state index in [1.807, 2.05) is 18.2 Å². The lowest BCUT2D eigenvalue weighted by Crippen LogP contribution is -2.50. The minimum absolute atomic E-state index is 0.204. The highest BCUT2D eigenvalue weighted by Crippen LogP contribution is 2.36. The number of benzene rings is 2. The number of aromatic hydroxyl groups is 1. The molecule has 140 valence electrons. The Morgan fingerprint density at radius 1 is 1.04 bits per heavy atom. The molecular formula is C20H23ClO5. The van der Waals surface area contributed by atoms with Crippen molar-refractivity contribution in [2.24, 2.45) is 5.92 Å². The standard InChI is InChI=1S/C20H23ClO5/c1-11-18(24)17(10-22)26-20(19(11)25)13-4-7-16(21)14(9-13)8-12-2-5-15(23)6-3-12/h2-7,9,11,17-20,22-25H,8,10H2,1H3/t11-,17+,18-,19+,20-/m0/s1. The van der Waals surface area contributed by atoms with Gasteiger partial charge in [-0.3, -0.25) is 0 Å². The fraction of sp³-hybridized carbons (Fsp3) is 0.400. The predicted octanol–water partition coefficient (Wildman–Crippen LogP) is 2.43. The number of phenols is 1. The fourth-order valence-corrected chi connectivity index (χ4v) is 3.52. The highest BCUT2D eigenvalue weighted by atomic mass is 35.5. The van der Waals surface area contributed by atoms with Gasteiger partial charge < -0.3 is 25.2 Å². The van der Waals surface area contributed by atoms with Gasteiger partial charge in [-0.05, 0) is 41.3 Å². The van der Waals surface area contributed by atoms with Crippen LogP contribution < -0.4 is 0 Å². The molecular weight excluding hydrogens is 356 g/mol. The molecule has 0 aliphatic carbocycles. The SMILES string of the molecule is C[C@@H]1[C@@H](O)[C@H](c2ccc(Cl)c(Cc3ccc(O)cc3)c2)O[C@H](CO)[C@H]1O. The number of phenolic OH excluding ortho intramolecular Hbond substituents is 1. The fourth-order valence-electron chi connectivity index (χ4n) is 3.33. The molecule has 1 saturated heterocycles. The minimum atomic E-state index is -0.921. The molecule has 4 N–H and O–H groups in total. The maximum atomic E-state index is 10.5. The Morgan fingerprint density at radius 2 is 1.73 bits per heavy atom. The molecule has 3 rings (SSSR count). The van der Waals surface area contributed by atoms with Crippen molar-refractivity contribution in [3.63, 3.8) is 0 Å². The van der Waals surface area contributed by atoms with Crippen molar-refractivity contribution < 1.29 is 25.2 Å². The van der Waals surface area contributed by atoms with Crippen LogP contribution in [-0.4, -0.2) is 45.3 Å². The number of hydrogen-bond acceptors (Lipinski definition) is 5. The van der Waals surface area contributed by atoms with Gasteiger partial charge in [0.1, 0.15) is 18.0 Å². The van der Waals surface area contributed by atoms with E-state index in [4.69, 9.17) is 16.3 Å². The maximum Gasteiger partial charge on any atom is 0.115 e. The number of aliphatic hydroxyl groups is 3. The van der Waals surface area contributed by atoms with Gasteiger partial charge in [-0.15, -0.1) is 0 Å². The highest BCUT2D eigenvalue weighted by Gasteiger charge is 2.42. The summed E-state index contributed by atoms with van der Waals surface area (Å²) in [5.74, 6) is -0.225. The van der Waals surface area contributed by atoms with Gasteiger partial charge in [-0.2, -0.15) is 0 Å². The summed E-state index contributed by atoms with van der Waals surface area (Å²) in [6, 6.07) is 12.3. The molecule has 0 amide bonds. The number of aliphatic hydroxyl groups excluding tert-OH is 3. The van der Waals surface area contributed by atoms with Crippen LogP contribution in [0.1, 0.15) is 29.7 Å². The summed E-state index contributed by atoms with van der Waals surface area (Å²) < 4.78 is 5.75. The van der Waals surface area contributed by atoms with Crippen molar-refractivity contribution in [2.45, 2.75) is 37.8 Å². The van der Waals surface area contributed by atoms with Crippen LogP contribution in [0, 0.1) is 5.92 Å². The topological polar surface area (TPSA) is 90.2 Å². The van der Waals surface area contributed by atoms with Gasteiger partial charge in [-0.25, -0.2) is 0 Å². The van der Waals surface area contributed by atoms with E-state index in [0.717, 1.165) is 16.7 Å². The molecule has 1 fully saturated rings. The largest absolute Gasteiger partial charge is 0.508 e. The summed E-state index contributed by atoms with van der Waals surface area (Å²) in [7, 11) is 0. The summed E-state index contributed by atoms with van der Waals surface area (Å²) in [6.45, 7) is 1.42. The van der Waals surface area contributed by atoms with E-state index < -0.39 is 30.3 Å². The van der Waals surface area contributed by atoms with E-state index in [2.05, 4.69) is 0 Å². The molecule has 2 aromatic rings. The molecule has 0 bridgehead atoms. The summed E-state index contributed by atoms with van der Waals surface area (Å²) in [6.07, 6.45) is -2.64.